The Labute approximate surface area is 174 Å². The molecule has 1 unspecified atom stereocenters. The van der Waals surface area contributed by atoms with Crippen molar-refractivity contribution in [3.8, 4) is 17.3 Å². The molecule has 160 valence electrons. The molecule has 2 aromatic heterocycles. The van der Waals surface area contributed by atoms with Gasteiger partial charge in [-0.15, -0.1) is 5.10 Å². The topological polar surface area (TPSA) is 139 Å². The summed E-state index contributed by atoms with van der Waals surface area (Å²) in [5.74, 6) is 2.40. The molecule has 1 atom stereocenters. The minimum absolute atomic E-state index is 0.231. The first-order valence-corrected chi connectivity index (χ1v) is 9.60. The average Bonchev–Trinajstić information content (AvgIpc) is 3.39. The van der Waals surface area contributed by atoms with Gasteiger partial charge in [-0.05, 0) is 43.2 Å². The predicted octanol–water partition coefficient (Wildman–Crippen LogP) is 2.01. The number of hydrogen-bond acceptors (Lipinski definition) is 7. The van der Waals surface area contributed by atoms with Gasteiger partial charge >= 0.3 is 0 Å². The van der Waals surface area contributed by atoms with Crippen molar-refractivity contribution in [1.29, 1.82) is 0 Å². The maximum atomic E-state index is 6.02. The average molecular weight is 413 g/mol. The van der Waals surface area contributed by atoms with Crippen LogP contribution in [0.1, 0.15) is 18.7 Å². The number of aromatic nitrogens is 3. The summed E-state index contributed by atoms with van der Waals surface area (Å²) in [6.07, 6.45) is 1.89. The van der Waals surface area contributed by atoms with E-state index in [2.05, 4.69) is 20.4 Å². The smallest absolute Gasteiger partial charge is 0.230 e. The number of nitrogens with one attached hydrogen (secondary N) is 1. The highest BCUT2D eigenvalue weighted by Crippen LogP contribution is 2.19. The number of benzene rings is 1. The van der Waals surface area contributed by atoms with Crippen LogP contribution in [0.5, 0.6) is 5.75 Å². The van der Waals surface area contributed by atoms with E-state index in [1.165, 1.54) is 4.68 Å². The second kappa shape index (κ2) is 10.4. The summed E-state index contributed by atoms with van der Waals surface area (Å²) in [5, 5.41) is 7.32. The summed E-state index contributed by atoms with van der Waals surface area (Å²) >= 11 is 0. The second-order valence-corrected chi connectivity index (χ2v) is 6.55. The molecule has 0 amide bonds. The van der Waals surface area contributed by atoms with Crippen molar-refractivity contribution in [2.24, 2.45) is 16.5 Å². The van der Waals surface area contributed by atoms with Crippen molar-refractivity contribution >= 4 is 11.9 Å². The van der Waals surface area contributed by atoms with Gasteiger partial charge in [0.05, 0.1) is 19.0 Å². The number of furan rings is 1. The van der Waals surface area contributed by atoms with Crippen LogP contribution in [-0.2, 0) is 11.2 Å². The molecule has 10 nitrogen and oxygen atoms in total. The van der Waals surface area contributed by atoms with Gasteiger partial charge in [0, 0.05) is 13.7 Å². The van der Waals surface area contributed by atoms with Crippen molar-refractivity contribution < 1.29 is 13.9 Å². The number of aliphatic imine (C=N–C) groups is 1. The van der Waals surface area contributed by atoms with Crippen LogP contribution in [-0.4, -0.2) is 47.6 Å². The third-order valence-electron chi connectivity index (χ3n) is 4.16. The Morgan fingerprint density at radius 1 is 1.27 bits per heavy atom. The lowest BCUT2D eigenvalue weighted by Gasteiger charge is -2.10. The zero-order valence-electron chi connectivity index (χ0n) is 17.1. The van der Waals surface area contributed by atoms with Crippen LogP contribution < -0.4 is 21.5 Å². The zero-order valence-corrected chi connectivity index (χ0v) is 17.1. The molecule has 0 aliphatic heterocycles. The first-order valence-electron chi connectivity index (χ1n) is 9.60. The third-order valence-corrected chi connectivity index (χ3v) is 4.16. The fourth-order valence-corrected chi connectivity index (χ4v) is 2.66. The molecule has 0 aliphatic carbocycles. The number of rotatable bonds is 10. The molecule has 30 heavy (non-hydrogen) atoms. The molecule has 0 radical (unpaired) electrons. The quantitative estimate of drug-likeness (QED) is 0.261. The van der Waals surface area contributed by atoms with Gasteiger partial charge in [-0.2, -0.15) is 4.98 Å². The minimum atomic E-state index is -0.402. The fourth-order valence-electron chi connectivity index (χ4n) is 2.66. The first-order chi connectivity index (χ1) is 14.6. The number of nitrogens with two attached hydrogens (primary N) is 2. The lowest BCUT2D eigenvalue weighted by atomic mass is 10.1. The Kier molecular flexibility index (Phi) is 7.41. The normalized spacial score (nSPS) is 12.7. The van der Waals surface area contributed by atoms with Gasteiger partial charge in [0.25, 0.3) is 0 Å². The lowest BCUT2D eigenvalue weighted by molar-refractivity contribution is 0.146. The van der Waals surface area contributed by atoms with Crippen LogP contribution in [0, 0.1) is 0 Å². The second-order valence-electron chi connectivity index (χ2n) is 6.55. The maximum absolute atomic E-state index is 6.02. The summed E-state index contributed by atoms with van der Waals surface area (Å²) in [6, 6.07) is 11.4. The van der Waals surface area contributed by atoms with Crippen LogP contribution in [0.2, 0.25) is 0 Å². The molecule has 0 aliphatic rings. The standard InChI is InChI=1S/C20H27N7O3/c1-14(21)27-20(24-18(26-27)17-4-3-11-30-17)25-19(22)23-10-9-15-5-7-16(8-6-15)29-13-12-28-2/h3-8,11,14H,9-10,12-13,21H2,1-2H3,(H3,22,23,24,25,26). The number of methoxy groups -OCH3 is 1. The number of hydrogen-bond donors (Lipinski definition) is 3. The minimum Gasteiger partial charge on any atom is -0.491 e. The Morgan fingerprint density at radius 2 is 2.07 bits per heavy atom. The summed E-state index contributed by atoms with van der Waals surface area (Å²) < 4.78 is 17.4. The largest absolute Gasteiger partial charge is 0.491 e. The van der Waals surface area contributed by atoms with Crippen LogP contribution in [0.15, 0.2) is 52.1 Å². The number of anilines is 1. The molecular formula is C20H27N7O3. The van der Waals surface area contributed by atoms with Crippen LogP contribution in [0.4, 0.5) is 5.95 Å². The van der Waals surface area contributed by atoms with E-state index in [1.807, 2.05) is 24.3 Å². The first kappa shape index (κ1) is 21.3. The van der Waals surface area contributed by atoms with E-state index in [-0.39, 0.29) is 5.96 Å². The van der Waals surface area contributed by atoms with E-state index < -0.39 is 6.17 Å². The molecule has 0 fully saturated rings. The SMILES string of the molecule is COCCOc1ccc(CCN=C(N)Nc2nc(-c3ccco3)nn2C(C)N)cc1. The molecule has 1 aromatic carbocycles. The van der Waals surface area contributed by atoms with Crippen LogP contribution in [0.3, 0.4) is 0 Å². The van der Waals surface area contributed by atoms with Crippen molar-refractivity contribution in [1.82, 2.24) is 14.8 Å². The summed E-state index contributed by atoms with van der Waals surface area (Å²) in [4.78, 5) is 8.76. The number of ether oxygens (including phenoxy) is 2. The lowest BCUT2D eigenvalue weighted by Crippen LogP contribution is -2.27. The molecule has 0 saturated carbocycles. The summed E-state index contributed by atoms with van der Waals surface area (Å²) in [7, 11) is 1.64. The van der Waals surface area contributed by atoms with E-state index in [9.17, 15) is 0 Å². The Bertz CT molecular complexity index is 934. The van der Waals surface area contributed by atoms with E-state index in [1.54, 1.807) is 32.4 Å². The molecule has 0 saturated heterocycles. The van der Waals surface area contributed by atoms with E-state index >= 15 is 0 Å². The van der Waals surface area contributed by atoms with Crippen LogP contribution in [0.25, 0.3) is 11.6 Å². The Hall–Kier alpha value is -3.37. The predicted molar refractivity (Wildman–Crippen MR) is 114 cm³/mol. The van der Waals surface area contributed by atoms with Gasteiger partial charge < -0.3 is 25.4 Å². The van der Waals surface area contributed by atoms with Gasteiger partial charge in [-0.1, -0.05) is 12.1 Å². The van der Waals surface area contributed by atoms with Gasteiger partial charge in [0.15, 0.2) is 11.7 Å². The third kappa shape index (κ3) is 5.82. The van der Waals surface area contributed by atoms with E-state index in [4.69, 9.17) is 25.4 Å². The van der Waals surface area contributed by atoms with Crippen molar-refractivity contribution in [3.63, 3.8) is 0 Å². The highest BCUT2D eigenvalue weighted by molar-refractivity contribution is 5.90. The molecular weight excluding hydrogens is 386 g/mol. The van der Waals surface area contributed by atoms with E-state index in [0.717, 1.165) is 17.7 Å². The Morgan fingerprint density at radius 3 is 2.73 bits per heavy atom. The van der Waals surface area contributed by atoms with Crippen molar-refractivity contribution in [2.75, 3.05) is 32.2 Å². The van der Waals surface area contributed by atoms with Crippen LogP contribution >= 0.6 is 0 Å². The highest BCUT2D eigenvalue weighted by Gasteiger charge is 2.16. The van der Waals surface area contributed by atoms with Crippen molar-refractivity contribution in [3.05, 3.63) is 48.2 Å². The summed E-state index contributed by atoms with van der Waals surface area (Å²) in [6.45, 7) is 3.39. The van der Waals surface area contributed by atoms with Crippen molar-refractivity contribution in [2.45, 2.75) is 19.5 Å². The molecule has 0 spiro atoms. The maximum Gasteiger partial charge on any atom is 0.230 e. The molecule has 5 N–H and O–H groups in total. The van der Waals surface area contributed by atoms with Gasteiger partial charge in [-0.25, -0.2) is 4.68 Å². The zero-order chi connectivity index (χ0) is 21.3. The van der Waals surface area contributed by atoms with Gasteiger partial charge in [-0.3, -0.25) is 10.3 Å². The number of nitrogens with zero attached hydrogens (tertiary/aromatic N) is 4. The van der Waals surface area contributed by atoms with Gasteiger partial charge in [0.2, 0.25) is 11.8 Å². The molecule has 10 heteroatoms. The monoisotopic (exact) mass is 413 g/mol. The summed E-state index contributed by atoms with van der Waals surface area (Å²) in [5.41, 5.74) is 13.1. The molecule has 3 rings (SSSR count). The molecule has 2 heterocycles. The fraction of sp³-hybridized carbons (Fsp3) is 0.350. The number of guanidine groups is 1. The Balaban J connectivity index is 1.56. The van der Waals surface area contributed by atoms with Gasteiger partial charge in [0.1, 0.15) is 12.4 Å². The molecule has 3 aromatic rings. The highest BCUT2D eigenvalue weighted by atomic mass is 16.5. The molecule has 0 bridgehead atoms. The van der Waals surface area contributed by atoms with E-state index in [0.29, 0.717) is 37.3 Å².